The highest BCUT2D eigenvalue weighted by Crippen LogP contribution is 2.06. The maximum absolute atomic E-state index is 12.9. The summed E-state index contributed by atoms with van der Waals surface area (Å²) in [5.74, 6) is -3.64. The summed E-state index contributed by atoms with van der Waals surface area (Å²) in [4.78, 5) is 49.3. The summed E-state index contributed by atoms with van der Waals surface area (Å²) in [6.07, 6.45) is 0.296. The molecule has 0 aromatic heterocycles. The Morgan fingerprint density at radius 3 is 2.12 bits per heavy atom. The van der Waals surface area contributed by atoms with Gasteiger partial charge in [-0.1, -0.05) is 30.3 Å². The van der Waals surface area contributed by atoms with Crippen LogP contribution in [0.3, 0.4) is 0 Å². The maximum atomic E-state index is 12.9. The van der Waals surface area contributed by atoms with Crippen molar-refractivity contribution < 1.29 is 29.4 Å². The molecule has 0 spiro atoms. The van der Waals surface area contributed by atoms with Crippen LogP contribution in [0, 0.1) is 0 Å². The van der Waals surface area contributed by atoms with E-state index >= 15 is 0 Å². The molecule has 5 atom stereocenters. The van der Waals surface area contributed by atoms with Crippen LogP contribution in [0.5, 0.6) is 0 Å². The Kier molecular flexibility index (Phi) is 13.2. The van der Waals surface area contributed by atoms with E-state index in [1.165, 1.54) is 6.92 Å². The molecular weight excluding hydrogens is 462 g/mol. The number of aliphatic carboxylic acids is 1. The predicted molar refractivity (Wildman–Crippen MR) is 130 cm³/mol. The molecule has 1 aromatic carbocycles. The Morgan fingerprint density at radius 2 is 1.59 bits per heavy atom. The first-order chi connectivity index (χ1) is 16.1. The van der Waals surface area contributed by atoms with E-state index in [4.69, 9.17) is 16.6 Å². The summed E-state index contributed by atoms with van der Waals surface area (Å²) in [5, 5.41) is 26.4. The lowest BCUT2D eigenvalue weighted by molar-refractivity contribution is -0.142. The number of rotatable bonds is 15. The van der Waals surface area contributed by atoms with Crippen LogP contribution >= 0.6 is 12.6 Å². The van der Waals surface area contributed by atoms with Gasteiger partial charge < -0.3 is 37.6 Å². The number of carboxylic acid groups (broad SMARTS) is 1. The fourth-order valence-electron chi connectivity index (χ4n) is 3.11. The predicted octanol–water partition coefficient (Wildman–Crippen LogP) is -1.46. The number of aliphatic hydroxyl groups excluding tert-OH is 1. The second kappa shape index (κ2) is 15.3. The smallest absolute Gasteiger partial charge is 0.327 e. The molecule has 1 rings (SSSR count). The SMILES string of the molecule is CC(O)C(NC(=O)C(CCCCN)NC(=O)C(N)Cc1ccccc1)C(=O)NC(CS)C(=O)O. The number of carbonyl (C=O) groups is 4. The first kappa shape index (κ1) is 29.4. The number of carboxylic acids is 1. The molecule has 190 valence electrons. The van der Waals surface area contributed by atoms with Crippen molar-refractivity contribution in [1.82, 2.24) is 16.0 Å². The second-order valence-corrected chi connectivity index (χ2v) is 8.32. The average Bonchev–Trinajstić information content (AvgIpc) is 2.80. The lowest BCUT2D eigenvalue weighted by atomic mass is 10.0. The van der Waals surface area contributed by atoms with Crippen LogP contribution in [-0.2, 0) is 25.6 Å². The van der Waals surface area contributed by atoms with Gasteiger partial charge in [-0.15, -0.1) is 0 Å². The van der Waals surface area contributed by atoms with E-state index in [2.05, 4.69) is 28.6 Å². The Balaban J connectivity index is 2.89. The van der Waals surface area contributed by atoms with Crippen molar-refractivity contribution in [2.75, 3.05) is 12.3 Å². The molecule has 0 aliphatic carbocycles. The molecule has 0 saturated carbocycles. The minimum Gasteiger partial charge on any atom is -0.480 e. The highest BCUT2D eigenvalue weighted by molar-refractivity contribution is 7.80. The average molecular weight is 498 g/mol. The lowest BCUT2D eigenvalue weighted by Gasteiger charge is -2.26. The van der Waals surface area contributed by atoms with Gasteiger partial charge in [0.2, 0.25) is 17.7 Å². The Labute approximate surface area is 204 Å². The quantitative estimate of drug-likeness (QED) is 0.106. The summed E-state index contributed by atoms with van der Waals surface area (Å²) in [6, 6.07) is 4.48. The monoisotopic (exact) mass is 497 g/mol. The van der Waals surface area contributed by atoms with E-state index in [0.717, 1.165) is 5.56 Å². The topological polar surface area (TPSA) is 197 Å². The molecule has 3 amide bonds. The van der Waals surface area contributed by atoms with Crippen LogP contribution < -0.4 is 27.4 Å². The van der Waals surface area contributed by atoms with E-state index in [9.17, 15) is 24.3 Å². The van der Waals surface area contributed by atoms with Crippen LogP contribution in [0.15, 0.2) is 30.3 Å². The summed E-state index contributed by atoms with van der Waals surface area (Å²) in [7, 11) is 0. The summed E-state index contributed by atoms with van der Waals surface area (Å²) in [6.45, 7) is 1.67. The first-order valence-corrected chi connectivity index (χ1v) is 11.7. The highest BCUT2D eigenvalue weighted by atomic mass is 32.1. The molecular formula is C22H35N5O6S. The Morgan fingerprint density at radius 1 is 0.971 bits per heavy atom. The number of unbranched alkanes of at least 4 members (excludes halogenated alkanes) is 1. The molecule has 9 N–H and O–H groups in total. The number of nitrogens with two attached hydrogens (primary N) is 2. The maximum Gasteiger partial charge on any atom is 0.327 e. The number of nitrogens with one attached hydrogen (secondary N) is 3. The van der Waals surface area contributed by atoms with Crippen molar-refractivity contribution >= 4 is 36.3 Å². The third kappa shape index (κ3) is 10.1. The Bertz CT molecular complexity index is 810. The summed E-state index contributed by atoms with van der Waals surface area (Å²) in [5.41, 5.74) is 12.4. The van der Waals surface area contributed by atoms with Gasteiger partial charge in [0, 0.05) is 5.75 Å². The fourth-order valence-corrected chi connectivity index (χ4v) is 3.35. The van der Waals surface area contributed by atoms with Gasteiger partial charge in [0.1, 0.15) is 18.1 Å². The molecule has 1 aromatic rings. The molecule has 0 radical (unpaired) electrons. The normalized spacial score (nSPS) is 15.3. The number of aliphatic hydroxyl groups is 1. The molecule has 0 saturated heterocycles. The summed E-state index contributed by atoms with van der Waals surface area (Å²) < 4.78 is 0. The van der Waals surface area contributed by atoms with Gasteiger partial charge in [0.25, 0.3) is 0 Å². The van der Waals surface area contributed by atoms with E-state index in [1.54, 1.807) is 0 Å². The van der Waals surface area contributed by atoms with Crippen molar-refractivity contribution in [2.45, 2.75) is 62.9 Å². The largest absolute Gasteiger partial charge is 0.480 e. The standard InChI is InChI=1S/C22H35N5O6S/c1-13(28)18(21(31)26-17(12-34)22(32)33)27-20(30)16(9-5-6-10-23)25-19(29)15(24)11-14-7-3-2-4-8-14/h2-4,7-8,13,15-18,28,34H,5-6,9-12,23-24H2,1H3,(H,25,29)(H,26,31)(H,27,30)(H,32,33). The Hall–Kier alpha value is -2.67. The zero-order chi connectivity index (χ0) is 25.7. The first-order valence-electron chi connectivity index (χ1n) is 11.0. The molecule has 12 heteroatoms. The van der Waals surface area contributed by atoms with E-state index in [1.807, 2.05) is 30.3 Å². The van der Waals surface area contributed by atoms with Gasteiger partial charge in [-0.3, -0.25) is 14.4 Å². The van der Waals surface area contributed by atoms with Gasteiger partial charge >= 0.3 is 5.97 Å². The van der Waals surface area contributed by atoms with Crippen LogP contribution in [0.25, 0.3) is 0 Å². The van der Waals surface area contributed by atoms with Gasteiger partial charge in [-0.25, -0.2) is 4.79 Å². The zero-order valence-electron chi connectivity index (χ0n) is 19.1. The van der Waals surface area contributed by atoms with Crippen molar-refractivity contribution in [3.63, 3.8) is 0 Å². The number of benzene rings is 1. The fraction of sp³-hybridized carbons (Fsp3) is 0.545. The van der Waals surface area contributed by atoms with Crippen molar-refractivity contribution in [2.24, 2.45) is 11.5 Å². The van der Waals surface area contributed by atoms with Crippen molar-refractivity contribution in [3.05, 3.63) is 35.9 Å². The van der Waals surface area contributed by atoms with E-state index in [0.29, 0.717) is 19.4 Å². The van der Waals surface area contributed by atoms with Crippen LogP contribution in [0.4, 0.5) is 0 Å². The van der Waals surface area contributed by atoms with Gasteiger partial charge in [-0.05, 0) is 44.7 Å². The van der Waals surface area contributed by atoms with E-state index < -0.39 is 54.0 Å². The molecule has 34 heavy (non-hydrogen) atoms. The van der Waals surface area contributed by atoms with Gasteiger partial charge in [0.15, 0.2) is 0 Å². The number of hydrogen-bond acceptors (Lipinski definition) is 8. The molecule has 11 nitrogen and oxygen atoms in total. The van der Waals surface area contributed by atoms with Crippen molar-refractivity contribution in [1.29, 1.82) is 0 Å². The molecule has 0 aliphatic heterocycles. The van der Waals surface area contributed by atoms with Crippen LogP contribution in [0.1, 0.15) is 31.7 Å². The van der Waals surface area contributed by atoms with Gasteiger partial charge in [-0.2, -0.15) is 12.6 Å². The number of hydrogen-bond donors (Lipinski definition) is 8. The van der Waals surface area contributed by atoms with Gasteiger partial charge in [0.05, 0.1) is 12.1 Å². The van der Waals surface area contributed by atoms with Crippen LogP contribution in [0.2, 0.25) is 0 Å². The molecule has 0 aliphatic rings. The minimum atomic E-state index is -1.44. The molecule has 0 fully saturated rings. The van der Waals surface area contributed by atoms with E-state index in [-0.39, 0.29) is 18.6 Å². The number of amides is 3. The minimum absolute atomic E-state index is 0.182. The highest BCUT2D eigenvalue weighted by Gasteiger charge is 2.32. The van der Waals surface area contributed by atoms with Crippen LogP contribution in [-0.4, -0.2) is 76.5 Å². The third-order valence-corrected chi connectivity index (χ3v) is 5.44. The molecule has 0 heterocycles. The second-order valence-electron chi connectivity index (χ2n) is 7.95. The summed E-state index contributed by atoms with van der Waals surface area (Å²) >= 11 is 3.88. The number of thiol groups is 1. The third-order valence-electron chi connectivity index (χ3n) is 5.07. The molecule has 5 unspecified atom stereocenters. The molecule has 0 bridgehead atoms. The zero-order valence-corrected chi connectivity index (χ0v) is 20.0. The lowest BCUT2D eigenvalue weighted by Crippen LogP contribution is -2.60. The van der Waals surface area contributed by atoms with Crippen molar-refractivity contribution in [3.8, 4) is 0 Å². The number of carbonyl (C=O) groups excluding carboxylic acids is 3.